The predicted molar refractivity (Wildman–Crippen MR) is 58.9 cm³/mol. The van der Waals surface area contributed by atoms with Crippen LogP contribution in [0, 0.1) is 11.3 Å². The van der Waals surface area contributed by atoms with E-state index >= 15 is 0 Å². The van der Waals surface area contributed by atoms with E-state index in [9.17, 15) is 13.2 Å². The Morgan fingerprint density at radius 2 is 2.11 bits per heavy atom. The van der Waals surface area contributed by atoms with Crippen molar-refractivity contribution in [1.82, 2.24) is 4.98 Å². The fourth-order valence-electron chi connectivity index (χ4n) is 1.29. The number of aliphatic hydroxyl groups is 1. The van der Waals surface area contributed by atoms with E-state index in [-0.39, 0.29) is 18.0 Å². The second-order valence-electron chi connectivity index (χ2n) is 3.82. The minimum absolute atomic E-state index is 0.0331. The van der Waals surface area contributed by atoms with Crippen molar-refractivity contribution in [2.75, 3.05) is 18.6 Å². The number of anilines is 1. The summed E-state index contributed by atoms with van der Waals surface area (Å²) >= 11 is 0. The Bertz CT molecular complexity index is 468. The smallest absolute Gasteiger partial charge is 0.394 e. The van der Waals surface area contributed by atoms with Gasteiger partial charge in [-0.15, -0.1) is 0 Å². The number of pyridine rings is 1. The van der Waals surface area contributed by atoms with Gasteiger partial charge in [0.25, 0.3) is 0 Å². The second kappa shape index (κ2) is 5.23. The fourth-order valence-corrected chi connectivity index (χ4v) is 1.29. The number of nitriles is 1. The number of alkyl halides is 3. The molecule has 0 aliphatic rings. The van der Waals surface area contributed by atoms with Crippen LogP contribution >= 0.6 is 0 Å². The molecule has 4 nitrogen and oxygen atoms in total. The quantitative estimate of drug-likeness (QED) is 0.899. The number of aromatic nitrogens is 1. The van der Waals surface area contributed by atoms with E-state index in [1.54, 1.807) is 13.0 Å². The van der Waals surface area contributed by atoms with Crippen LogP contribution in [0.15, 0.2) is 12.1 Å². The van der Waals surface area contributed by atoms with Gasteiger partial charge in [-0.05, 0) is 19.1 Å². The zero-order valence-corrected chi connectivity index (χ0v) is 9.86. The Morgan fingerprint density at radius 1 is 1.50 bits per heavy atom. The molecule has 0 radical (unpaired) electrons. The van der Waals surface area contributed by atoms with Gasteiger partial charge < -0.3 is 10.0 Å². The largest absolute Gasteiger partial charge is 0.433 e. The van der Waals surface area contributed by atoms with Crippen LogP contribution in [-0.4, -0.2) is 29.8 Å². The first-order chi connectivity index (χ1) is 8.31. The van der Waals surface area contributed by atoms with Gasteiger partial charge in [0.1, 0.15) is 17.6 Å². The lowest BCUT2D eigenvalue weighted by atomic mass is 10.2. The number of rotatable bonds is 3. The molecule has 0 saturated carbocycles. The van der Waals surface area contributed by atoms with Crippen molar-refractivity contribution in [3.8, 4) is 6.07 Å². The van der Waals surface area contributed by atoms with Gasteiger partial charge >= 0.3 is 6.18 Å². The van der Waals surface area contributed by atoms with Crippen molar-refractivity contribution in [2.45, 2.75) is 19.1 Å². The van der Waals surface area contributed by atoms with Gasteiger partial charge in [0.15, 0.2) is 0 Å². The third-order valence-electron chi connectivity index (χ3n) is 2.55. The summed E-state index contributed by atoms with van der Waals surface area (Å²) in [5, 5.41) is 17.8. The molecular formula is C11H12F3N3O. The molecule has 1 unspecified atom stereocenters. The van der Waals surface area contributed by atoms with Gasteiger partial charge in [-0.25, -0.2) is 4.98 Å². The zero-order valence-electron chi connectivity index (χ0n) is 9.86. The second-order valence-corrected chi connectivity index (χ2v) is 3.82. The summed E-state index contributed by atoms with van der Waals surface area (Å²) in [5.41, 5.74) is -1.03. The molecule has 0 aromatic carbocycles. The van der Waals surface area contributed by atoms with E-state index < -0.39 is 17.9 Å². The lowest BCUT2D eigenvalue weighted by Gasteiger charge is -2.25. The molecule has 0 saturated heterocycles. The lowest BCUT2D eigenvalue weighted by molar-refractivity contribution is -0.141. The molecule has 0 aliphatic carbocycles. The summed E-state index contributed by atoms with van der Waals surface area (Å²) in [6, 6.07) is 3.18. The Hall–Kier alpha value is -1.81. The number of aliphatic hydroxyl groups excluding tert-OH is 1. The van der Waals surface area contributed by atoms with Gasteiger partial charge in [0.2, 0.25) is 0 Å². The maximum absolute atomic E-state index is 12.5. The molecule has 0 spiro atoms. The highest BCUT2D eigenvalue weighted by Gasteiger charge is 2.33. The van der Waals surface area contributed by atoms with Crippen LogP contribution in [0.3, 0.4) is 0 Å². The molecule has 1 rings (SSSR count). The predicted octanol–water partition coefficient (Wildman–Crippen LogP) is 1.79. The monoisotopic (exact) mass is 259 g/mol. The van der Waals surface area contributed by atoms with Gasteiger partial charge in [0, 0.05) is 7.05 Å². The average molecular weight is 259 g/mol. The van der Waals surface area contributed by atoms with E-state index in [1.165, 1.54) is 11.9 Å². The minimum atomic E-state index is -4.56. The number of halogens is 3. The van der Waals surface area contributed by atoms with E-state index in [1.807, 2.05) is 0 Å². The molecule has 1 aromatic heterocycles. The van der Waals surface area contributed by atoms with E-state index in [4.69, 9.17) is 10.4 Å². The molecule has 0 bridgehead atoms. The van der Waals surface area contributed by atoms with Gasteiger partial charge in [-0.1, -0.05) is 0 Å². The molecule has 1 atom stereocenters. The minimum Gasteiger partial charge on any atom is -0.394 e. The third kappa shape index (κ3) is 2.90. The van der Waals surface area contributed by atoms with E-state index in [0.717, 1.165) is 12.1 Å². The molecule has 18 heavy (non-hydrogen) atoms. The molecule has 1 N–H and O–H groups in total. The standard InChI is InChI=1S/C11H12F3N3O/c1-7(6-18)17(2)10-8(5-15)3-4-9(16-10)11(12,13)14/h3-4,7,18H,6H2,1-2H3. The summed E-state index contributed by atoms with van der Waals surface area (Å²) in [7, 11) is 1.48. The lowest BCUT2D eigenvalue weighted by Crippen LogP contribution is -2.33. The summed E-state index contributed by atoms with van der Waals surface area (Å²) in [6.45, 7) is 1.36. The van der Waals surface area contributed by atoms with Crippen molar-refractivity contribution in [2.24, 2.45) is 0 Å². The first kappa shape index (κ1) is 14.3. The summed E-state index contributed by atoms with van der Waals surface area (Å²) in [5.74, 6) is -0.0890. The zero-order chi connectivity index (χ0) is 13.9. The highest BCUT2D eigenvalue weighted by atomic mass is 19.4. The van der Waals surface area contributed by atoms with Crippen LogP contribution in [0.5, 0.6) is 0 Å². The van der Waals surface area contributed by atoms with Crippen LogP contribution in [0.2, 0.25) is 0 Å². The Kier molecular flexibility index (Phi) is 4.14. The number of hydrogen-bond acceptors (Lipinski definition) is 4. The number of likely N-dealkylation sites (N-methyl/N-ethyl adjacent to an activating group) is 1. The average Bonchev–Trinajstić information content (AvgIpc) is 2.35. The summed E-state index contributed by atoms with van der Waals surface area (Å²) in [6.07, 6.45) is -4.56. The molecule has 98 valence electrons. The molecule has 0 aliphatic heterocycles. The SMILES string of the molecule is CC(CO)N(C)c1nc(C(F)(F)F)ccc1C#N. The van der Waals surface area contributed by atoms with Crippen molar-refractivity contribution in [1.29, 1.82) is 5.26 Å². The molecular weight excluding hydrogens is 247 g/mol. The van der Waals surface area contributed by atoms with Gasteiger partial charge in [-0.2, -0.15) is 18.4 Å². The first-order valence-electron chi connectivity index (χ1n) is 5.13. The van der Waals surface area contributed by atoms with Crippen molar-refractivity contribution >= 4 is 5.82 Å². The van der Waals surface area contributed by atoms with Crippen LogP contribution in [0.4, 0.5) is 19.0 Å². The van der Waals surface area contributed by atoms with Gasteiger partial charge in [-0.3, -0.25) is 0 Å². The maximum atomic E-state index is 12.5. The molecule has 0 fully saturated rings. The normalized spacial score (nSPS) is 12.9. The maximum Gasteiger partial charge on any atom is 0.433 e. The number of nitrogens with zero attached hydrogens (tertiary/aromatic N) is 3. The van der Waals surface area contributed by atoms with E-state index in [2.05, 4.69) is 4.98 Å². The summed E-state index contributed by atoms with van der Waals surface area (Å²) < 4.78 is 37.6. The van der Waals surface area contributed by atoms with Crippen LogP contribution in [0.1, 0.15) is 18.2 Å². The van der Waals surface area contributed by atoms with Crippen molar-refractivity contribution < 1.29 is 18.3 Å². The Labute approximate surface area is 102 Å². The van der Waals surface area contributed by atoms with E-state index in [0.29, 0.717) is 0 Å². The summed E-state index contributed by atoms with van der Waals surface area (Å²) in [4.78, 5) is 4.79. The number of hydrogen-bond donors (Lipinski definition) is 1. The van der Waals surface area contributed by atoms with Crippen molar-refractivity contribution in [3.63, 3.8) is 0 Å². The topological polar surface area (TPSA) is 60.1 Å². The molecule has 1 aromatic rings. The highest BCUT2D eigenvalue weighted by molar-refractivity contribution is 5.54. The Balaban J connectivity index is 3.28. The molecule has 7 heteroatoms. The molecule has 1 heterocycles. The Morgan fingerprint density at radius 3 is 2.56 bits per heavy atom. The third-order valence-corrected chi connectivity index (χ3v) is 2.55. The van der Waals surface area contributed by atoms with Crippen LogP contribution < -0.4 is 4.90 Å². The van der Waals surface area contributed by atoms with Gasteiger partial charge in [0.05, 0.1) is 18.2 Å². The van der Waals surface area contributed by atoms with Crippen LogP contribution in [0.25, 0.3) is 0 Å². The first-order valence-corrected chi connectivity index (χ1v) is 5.13. The molecule has 0 amide bonds. The fraction of sp³-hybridized carbons (Fsp3) is 0.455. The highest BCUT2D eigenvalue weighted by Crippen LogP contribution is 2.30. The van der Waals surface area contributed by atoms with Crippen molar-refractivity contribution in [3.05, 3.63) is 23.4 Å². The van der Waals surface area contributed by atoms with Crippen LogP contribution in [-0.2, 0) is 6.18 Å².